The molecule has 2 aliphatic heterocycles. The van der Waals surface area contributed by atoms with Crippen LogP contribution in [-0.2, 0) is 13.6 Å². The number of nitrogens with zero attached hydrogens (tertiary/aromatic N) is 5. The molecule has 0 saturated carbocycles. The van der Waals surface area contributed by atoms with E-state index in [-0.39, 0.29) is 0 Å². The largest absolute Gasteiger partial charge is 0.310 e. The van der Waals surface area contributed by atoms with Gasteiger partial charge in [0.15, 0.2) is 5.82 Å². The van der Waals surface area contributed by atoms with Crippen LogP contribution in [0.1, 0.15) is 25.1 Å². The third kappa shape index (κ3) is 2.08. The van der Waals surface area contributed by atoms with Gasteiger partial charge in [0.2, 0.25) is 0 Å². The van der Waals surface area contributed by atoms with Crippen molar-refractivity contribution in [2.24, 2.45) is 7.05 Å². The first kappa shape index (κ1) is 10.2. The Labute approximate surface area is 95.0 Å². The van der Waals surface area contributed by atoms with E-state index in [1.165, 1.54) is 24.1 Å². The smallest absolute Gasteiger partial charge is 0.188 e. The third-order valence-electron chi connectivity index (χ3n) is 3.52. The van der Waals surface area contributed by atoms with Crippen molar-refractivity contribution in [3.05, 3.63) is 5.82 Å². The molecule has 0 amide bonds. The Morgan fingerprint density at radius 2 is 2.19 bits per heavy atom. The van der Waals surface area contributed by atoms with Crippen molar-refractivity contribution in [2.45, 2.75) is 37.9 Å². The molecular formula is C10H18N6. The SMILES string of the molecule is Cn1nnc(CN2CCC3CCC(C2)N3)n1. The summed E-state index contributed by atoms with van der Waals surface area (Å²) in [4.78, 5) is 3.96. The molecule has 1 aromatic heterocycles. The first-order chi connectivity index (χ1) is 7.79. The number of aromatic nitrogens is 4. The van der Waals surface area contributed by atoms with Crippen LogP contribution < -0.4 is 5.32 Å². The van der Waals surface area contributed by atoms with Gasteiger partial charge in [-0.2, -0.15) is 4.80 Å². The monoisotopic (exact) mass is 222 g/mol. The van der Waals surface area contributed by atoms with E-state index in [2.05, 4.69) is 25.6 Å². The van der Waals surface area contributed by atoms with E-state index in [0.29, 0.717) is 6.04 Å². The molecule has 2 saturated heterocycles. The Balaban J connectivity index is 1.63. The fourth-order valence-corrected chi connectivity index (χ4v) is 2.75. The Bertz CT molecular complexity index is 362. The standard InChI is InChI=1S/C10H18N6/c1-15-13-10(12-14-15)7-16-5-4-8-2-3-9(6-16)11-8/h8-9,11H,2-7H2,1H3. The molecule has 2 bridgehead atoms. The first-order valence-electron chi connectivity index (χ1n) is 6.01. The highest BCUT2D eigenvalue weighted by Gasteiger charge is 2.29. The predicted octanol–water partition coefficient (Wildman–Crippen LogP) is -0.464. The Morgan fingerprint density at radius 3 is 3.00 bits per heavy atom. The molecular weight excluding hydrogens is 204 g/mol. The number of rotatable bonds is 2. The zero-order valence-corrected chi connectivity index (χ0v) is 9.63. The van der Waals surface area contributed by atoms with Crippen LogP contribution in [-0.4, -0.2) is 50.3 Å². The number of hydrogen-bond donors (Lipinski definition) is 1. The van der Waals surface area contributed by atoms with Gasteiger partial charge in [0.1, 0.15) is 0 Å². The molecule has 2 unspecified atom stereocenters. The maximum atomic E-state index is 4.23. The van der Waals surface area contributed by atoms with Crippen LogP contribution >= 0.6 is 0 Å². The normalized spacial score (nSPS) is 30.6. The van der Waals surface area contributed by atoms with Gasteiger partial charge in [-0.05, 0) is 24.5 Å². The number of nitrogens with one attached hydrogen (secondary N) is 1. The third-order valence-corrected chi connectivity index (χ3v) is 3.52. The summed E-state index contributed by atoms with van der Waals surface area (Å²) in [5.41, 5.74) is 0. The summed E-state index contributed by atoms with van der Waals surface area (Å²) in [6, 6.07) is 1.41. The van der Waals surface area contributed by atoms with Gasteiger partial charge in [-0.1, -0.05) is 0 Å². The second kappa shape index (κ2) is 4.10. The number of aryl methyl sites for hydroxylation is 1. The Kier molecular flexibility index (Phi) is 2.61. The maximum Gasteiger partial charge on any atom is 0.188 e. The molecule has 1 N–H and O–H groups in total. The molecule has 3 heterocycles. The van der Waals surface area contributed by atoms with Crippen molar-refractivity contribution in [3.63, 3.8) is 0 Å². The topological polar surface area (TPSA) is 58.9 Å². The van der Waals surface area contributed by atoms with Crippen LogP contribution in [0.4, 0.5) is 0 Å². The Morgan fingerprint density at radius 1 is 1.31 bits per heavy atom. The molecule has 2 aliphatic rings. The predicted molar refractivity (Wildman–Crippen MR) is 58.6 cm³/mol. The molecule has 2 atom stereocenters. The lowest BCUT2D eigenvalue weighted by molar-refractivity contribution is 0.245. The summed E-state index contributed by atoms with van der Waals surface area (Å²) in [5.74, 6) is 0.834. The summed E-state index contributed by atoms with van der Waals surface area (Å²) >= 11 is 0. The van der Waals surface area contributed by atoms with E-state index in [1.807, 2.05) is 7.05 Å². The zero-order valence-electron chi connectivity index (χ0n) is 9.63. The minimum atomic E-state index is 0.671. The van der Waals surface area contributed by atoms with Crippen LogP contribution in [0.25, 0.3) is 0 Å². The average Bonchev–Trinajstić information content (AvgIpc) is 2.77. The van der Waals surface area contributed by atoms with Crippen molar-refractivity contribution >= 4 is 0 Å². The van der Waals surface area contributed by atoms with Gasteiger partial charge < -0.3 is 5.32 Å². The minimum Gasteiger partial charge on any atom is -0.310 e. The van der Waals surface area contributed by atoms with Crippen molar-refractivity contribution in [1.82, 2.24) is 30.4 Å². The summed E-state index contributed by atoms with van der Waals surface area (Å²) in [6.07, 6.45) is 3.91. The van der Waals surface area contributed by atoms with Crippen LogP contribution in [0.3, 0.4) is 0 Å². The van der Waals surface area contributed by atoms with Gasteiger partial charge in [0.25, 0.3) is 0 Å². The molecule has 88 valence electrons. The second-order valence-electron chi connectivity index (χ2n) is 4.86. The van der Waals surface area contributed by atoms with Crippen molar-refractivity contribution in [3.8, 4) is 0 Å². The van der Waals surface area contributed by atoms with E-state index >= 15 is 0 Å². The quantitative estimate of drug-likeness (QED) is 0.733. The average molecular weight is 222 g/mol. The van der Waals surface area contributed by atoms with Crippen LogP contribution in [0.15, 0.2) is 0 Å². The lowest BCUT2D eigenvalue weighted by Crippen LogP contribution is -2.35. The minimum absolute atomic E-state index is 0.671. The van der Waals surface area contributed by atoms with Crippen LogP contribution in [0.2, 0.25) is 0 Å². The van der Waals surface area contributed by atoms with Gasteiger partial charge in [-0.3, -0.25) is 4.90 Å². The van der Waals surface area contributed by atoms with Crippen molar-refractivity contribution in [2.75, 3.05) is 13.1 Å². The molecule has 1 aromatic rings. The summed E-state index contributed by atoms with van der Waals surface area (Å²) < 4.78 is 0. The molecule has 6 heteroatoms. The van der Waals surface area contributed by atoms with E-state index in [9.17, 15) is 0 Å². The van der Waals surface area contributed by atoms with Crippen molar-refractivity contribution < 1.29 is 0 Å². The summed E-state index contributed by atoms with van der Waals surface area (Å²) in [5, 5.41) is 15.8. The zero-order chi connectivity index (χ0) is 11.0. The van der Waals surface area contributed by atoms with Gasteiger partial charge in [0.05, 0.1) is 13.6 Å². The highest BCUT2D eigenvalue weighted by Crippen LogP contribution is 2.20. The lowest BCUT2D eigenvalue weighted by atomic mass is 10.1. The highest BCUT2D eigenvalue weighted by atomic mass is 15.6. The molecule has 0 spiro atoms. The number of likely N-dealkylation sites (tertiary alicyclic amines) is 1. The molecule has 16 heavy (non-hydrogen) atoms. The fraction of sp³-hybridized carbons (Fsp3) is 0.900. The summed E-state index contributed by atoms with van der Waals surface area (Å²) in [7, 11) is 1.81. The molecule has 3 rings (SSSR count). The molecule has 2 fully saturated rings. The molecule has 6 nitrogen and oxygen atoms in total. The Hall–Kier alpha value is -1.01. The number of fused-ring (bicyclic) bond motifs is 2. The van der Waals surface area contributed by atoms with E-state index in [1.54, 1.807) is 0 Å². The first-order valence-corrected chi connectivity index (χ1v) is 6.01. The van der Waals surface area contributed by atoms with Gasteiger partial charge in [-0.25, -0.2) is 0 Å². The van der Waals surface area contributed by atoms with Gasteiger partial charge in [0, 0.05) is 25.2 Å². The molecule has 0 radical (unpaired) electrons. The van der Waals surface area contributed by atoms with E-state index in [0.717, 1.165) is 31.5 Å². The van der Waals surface area contributed by atoms with E-state index < -0.39 is 0 Å². The van der Waals surface area contributed by atoms with Gasteiger partial charge in [-0.15, -0.1) is 10.2 Å². The summed E-state index contributed by atoms with van der Waals surface area (Å²) in [6.45, 7) is 3.10. The van der Waals surface area contributed by atoms with Gasteiger partial charge >= 0.3 is 0 Å². The number of hydrogen-bond acceptors (Lipinski definition) is 5. The van der Waals surface area contributed by atoms with Crippen molar-refractivity contribution in [1.29, 1.82) is 0 Å². The second-order valence-corrected chi connectivity index (χ2v) is 4.86. The number of tetrazole rings is 1. The lowest BCUT2D eigenvalue weighted by Gasteiger charge is -2.22. The fourth-order valence-electron chi connectivity index (χ4n) is 2.75. The highest BCUT2D eigenvalue weighted by molar-refractivity contribution is 4.90. The molecule has 0 aliphatic carbocycles. The van der Waals surface area contributed by atoms with Crippen LogP contribution in [0.5, 0.6) is 0 Å². The van der Waals surface area contributed by atoms with E-state index in [4.69, 9.17) is 0 Å². The maximum absolute atomic E-state index is 4.23. The van der Waals surface area contributed by atoms with Crippen LogP contribution in [0, 0.1) is 0 Å². The molecule has 0 aromatic carbocycles.